The van der Waals surface area contributed by atoms with Gasteiger partial charge in [-0.3, -0.25) is 4.79 Å². The molecule has 10 nitrogen and oxygen atoms in total. The van der Waals surface area contributed by atoms with E-state index in [-0.39, 0.29) is 17.8 Å². The molecular formula is C25H23ClN6O4. The van der Waals surface area contributed by atoms with E-state index in [1.165, 1.54) is 12.4 Å². The topological polar surface area (TPSA) is 163 Å². The Hall–Kier alpha value is -3.96. The molecule has 5 aromatic rings. The van der Waals surface area contributed by atoms with Crippen molar-refractivity contribution in [2.24, 2.45) is 0 Å². The number of fused-ring (bicyclic) bond motifs is 1. The van der Waals surface area contributed by atoms with Crippen molar-refractivity contribution >= 4 is 28.3 Å². The molecule has 0 aliphatic rings. The van der Waals surface area contributed by atoms with Crippen LogP contribution < -0.4 is 10.9 Å². The number of aliphatic hydroxyl groups excluding tert-OH is 2. The number of aliphatic hydroxyl groups is 3. The normalized spacial score (nSPS) is 12.4. The molecule has 0 saturated heterocycles. The van der Waals surface area contributed by atoms with Gasteiger partial charge in [0, 0.05) is 23.3 Å². The van der Waals surface area contributed by atoms with Crippen LogP contribution in [0.4, 0.5) is 5.69 Å². The predicted molar refractivity (Wildman–Crippen MR) is 137 cm³/mol. The molecule has 36 heavy (non-hydrogen) atoms. The molecule has 0 radical (unpaired) electrons. The van der Waals surface area contributed by atoms with Crippen molar-refractivity contribution in [2.75, 3.05) is 11.9 Å². The molecule has 184 valence electrons. The first kappa shape index (κ1) is 23.8. The number of nitrogens with zero attached hydrogens (tertiary/aromatic N) is 2. The Morgan fingerprint density at radius 1 is 1.08 bits per heavy atom. The van der Waals surface area contributed by atoms with E-state index >= 15 is 0 Å². The van der Waals surface area contributed by atoms with E-state index < -0.39 is 12.4 Å². The maximum Gasteiger partial charge on any atom is 0.261 e. The zero-order valence-electron chi connectivity index (χ0n) is 19.1. The highest BCUT2D eigenvalue weighted by Crippen LogP contribution is 2.30. The summed E-state index contributed by atoms with van der Waals surface area (Å²) < 4.78 is 0. The smallest absolute Gasteiger partial charge is 0.261 e. The molecule has 0 amide bonds. The number of anilines is 1. The number of aryl methyl sites for hydroxylation is 1. The molecule has 3 aromatic heterocycles. The van der Waals surface area contributed by atoms with Crippen molar-refractivity contribution in [1.29, 1.82) is 0 Å². The van der Waals surface area contributed by atoms with Crippen LogP contribution in [0.15, 0.2) is 59.7 Å². The number of rotatable bonds is 7. The van der Waals surface area contributed by atoms with Crippen molar-refractivity contribution in [3.8, 4) is 22.8 Å². The largest absolute Gasteiger partial charge is 0.387 e. The molecular weight excluding hydrogens is 484 g/mol. The van der Waals surface area contributed by atoms with Gasteiger partial charge in [0.05, 0.1) is 34.7 Å². The number of aromatic amines is 3. The number of hydrogen-bond acceptors (Lipinski definition) is 7. The summed E-state index contributed by atoms with van der Waals surface area (Å²) in [7, 11) is 0. The fraction of sp³-hybridized carbons (Fsp3) is 0.160. The Balaban J connectivity index is 1.48. The molecule has 5 rings (SSSR count). The number of benzene rings is 2. The third-order valence-corrected chi connectivity index (χ3v) is 6.08. The summed E-state index contributed by atoms with van der Waals surface area (Å²) in [5.41, 5.74) is 4.20. The highest BCUT2D eigenvalue weighted by Gasteiger charge is 2.18. The Morgan fingerprint density at radius 2 is 1.92 bits per heavy atom. The van der Waals surface area contributed by atoms with E-state index in [0.717, 1.165) is 5.56 Å². The van der Waals surface area contributed by atoms with Gasteiger partial charge in [-0.2, -0.15) is 0 Å². The van der Waals surface area contributed by atoms with Crippen LogP contribution in [0, 0.1) is 6.92 Å². The molecule has 0 aliphatic carbocycles. The minimum absolute atomic E-state index is 0.151. The fourth-order valence-electron chi connectivity index (χ4n) is 4.06. The quantitative estimate of drug-likeness (QED) is 0.166. The van der Waals surface area contributed by atoms with Gasteiger partial charge in [0.1, 0.15) is 17.2 Å². The Morgan fingerprint density at radius 3 is 2.67 bits per heavy atom. The van der Waals surface area contributed by atoms with Gasteiger partial charge in [-0.05, 0) is 48.4 Å². The van der Waals surface area contributed by atoms with Gasteiger partial charge in [0.2, 0.25) is 0 Å². The summed E-state index contributed by atoms with van der Waals surface area (Å²) in [6, 6.07) is 12.4. The Labute approximate surface area is 209 Å². The Bertz CT molecular complexity index is 1610. The molecule has 11 heteroatoms. The predicted octanol–water partition coefficient (Wildman–Crippen LogP) is 3.40. The van der Waals surface area contributed by atoms with Gasteiger partial charge < -0.3 is 35.6 Å². The van der Waals surface area contributed by atoms with E-state index in [2.05, 4.69) is 30.2 Å². The zero-order valence-corrected chi connectivity index (χ0v) is 19.8. The number of hydrogen-bond donors (Lipinski definition) is 7. The lowest BCUT2D eigenvalue weighted by atomic mass is 10.1. The second-order valence-electron chi connectivity index (χ2n) is 8.38. The van der Waals surface area contributed by atoms with Crippen molar-refractivity contribution in [1.82, 2.24) is 24.9 Å². The van der Waals surface area contributed by atoms with Crippen LogP contribution >= 0.6 is 11.6 Å². The van der Waals surface area contributed by atoms with E-state index in [4.69, 9.17) is 11.6 Å². The highest BCUT2D eigenvalue weighted by molar-refractivity contribution is 6.30. The van der Waals surface area contributed by atoms with Crippen LogP contribution in [0.5, 0.6) is 0 Å². The summed E-state index contributed by atoms with van der Waals surface area (Å²) in [4.78, 5) is 30.5. The molecule has 0 aliphatic heterocycles. The van der Waals surface area contributed by atoms with E-state index in [0.29, 0.717) is 50.1 Å². The first-order valence-corrected chi connectivity index (χ1v) is 11.5. The first-order chi connectivity index (χ1) is 17.3. The van der Waals surface area contributed by atoms with Gasteiger partial charge in [-0.15, -0.1) is 0 Å². The van der Waals surface area contributed by atoms with E-state index in [1.54, 1.807) is 30.3 Å². The summed E-state index contributed by atoms with van der Waals surface area (Å²) in [5.74, 6) is 0.826. The minimum atomic E-state index is -1.65. The van der Waals surface area contributed by atoms with Crippen LogP contribution in [0.1, 0.15) is 29.2 Å². The van der Waals surface area contributed by atoms with Gasteiger partial charge in [-0.1, -0.05) is 23.7 Å². The summed E-state index contributed by atoms with van der Waals surface area (Å²) in [5, 5.41) is 33.0. The second kappa shape index (κ2) is 9.59. The van der Waals surface area contributed by atoms with Crippen LogP contribution in [0.2, 0.25) is 5.02 Å². The zero-order chi connectivity index (χ0) is 25.4. The number of H-pyrrole nitrogens is 3. The molecule has 1 atom stereocenters. The third-order valence-electron chi connectivity index (χ3n) is 5.84. The molecule has 0 fully saturated rings. The molecule has 0 spiro atoms. The monoisotopic (exact) mass is 506 g/mol. The van der Waals surface area contributed by atoms with Crippen molar-refractivity contribution in [3.63, 3.8) is 0 Å². The van der Waals surface area contributed by atoms with E-state index in [1.807, 2.05) is 19.1 Å². The third kappa shape index (κ3) is 4.62. The van der Waals surface area contributed by atoms with E-state index in [9.17, 15) is 20.1 Å². The lowest BCUT2D eigenvalue weighted by molar-refractivity contribution is -0.0455. The van der Waals surface area contributed by atoms with Crippen LogP contribution in [0.25, 0.3) is 33.8 Å². The standard InChI is InChI=1S/C25H23ClN6O4/c1-12-7-14(22-29-10-18(31-22)25(35)36)9-17-21(12)32-23(30-17)20-16(5-6-27-24(20)34)28-11-19(33)13-3-2-4-15(26)8-13/h2-10,19,25,33,35-36H,11H2,1H3,(H,29,31)(H,30,32)(H2,27,28,34)/t19-/m1/s1. The lowest BCUT2D eigenvalue weighted by Crippen LogP contribution is -2.17. The molecule has 3 heterocycles. The first-order valence-electron chi connectivity index (χ1n) is 11.1. The Kier molecular flexibility index (Phi) is 6.33. The minimum Gasteiger partial charge on any atom is -0.387 e. The maximum absolute atomic E-state index is 12.8. The van der Waals surface area contributed by atoms with Gasteiger partial charge >= 0.3 is 0 Å². The van der Waals surface area contributed by atoms with Crippen molar-refractivity contribution in [2.45, 2.75) is 19.3 Å². The number of halogens is 1. The summed E-state index contributed by atoms with van der Waals surface area (Å²) >= 11 is 6.03. The SMILES string of the molecule is Cc1cc(-c2ncc(C(O)O)[nH]2)cc2[nH]c(-c3c(NC[C@@H](O)c4cccc(Cl)c4)cc[nH]c3=O)nc12. The average molecular weight is 507 g/mol. The molecule has 0 unspecified atom stereocenters. The van der Waals surface area contributed by atoms with Crippen LogP contribution in [0.3, 0.4) is 0 Å². The van der Waals surface area contributed by atoms with Gasteiger partial charge in [0.15, 0.2) is 6.29 Å². The van der Waals surface area contributed by atoms with Gasteiger partial charge in [-0.25, -0.2) is 9.97 Å². The maximum atomic E-state index is 12.8. The van der Waals surface area contributed by atoms with Gasteiger partial charge in [0.25, 0.3) is 5.56 Å². The second-order valence-corrected chi connectivity index (χ2v) is 8.82. The summed E-state index contributed by atoms with van der Waals surface area (Å²) in [6.07, 6.45) is 0.391. The fourth-order valence-corrected chi connectivity index (χ4v) is 4.26. The average Bonchev–Trinajstić information content (AvgIpc) is 3.50. The van der Waals surface area contributed by atoms with Crippen molar-refractivity contribution < 1.29 is 15.3 Å². The highest BCUT2D eigenvalue weighted by atomic mass is 35.5. The molecule has 7 N–H and O–H groups in total. The molecule has 2 aromatic carbocycles. The molecule has 0 saturated carbocycles. The van der Waals surface area contributed by atoms with Crippen LogP contribution in [-0.2, 0) is 0 Å². The molecule has 0 bridgehead atoms. The number of imidazole rings is 2. The lowest BCUT2D eigenvalue weighted by Gasteiger charge is -2.15. The van der Waals surface area contributed by atoms with Crippen molar-refractivity contribution in [3.05, 3.63) is 87.1 Å². The number of nitrogens with one attached hydrogen (secondary N) is 4. The number of aromatic nitrogens is 5. The van der Waals surface area contributed by atoms with Crippen LogP contribution in [-0.4, -0.2) is 46.8 Å². The summed E-state index contributed by atoms with van der Waals surface area (Å²) in [6.45, 7) is 2.04. The number of pyridine rings is 1.